The molecule has 8 nitrogen and oxygen atoms in total. The average molecular weight is 414 g/mol. The zero-order chi connectivity index (χ0) is 21.5. The molecule has 0 aliphatic carbocycles. The van der Waals surface area contributed by atoms with Crippen LogP contribution in [-0.2, 0) is 0 Å². The number of benzene rings is 1. The summed E-state index contributed by atoms with van der Waals surface area (Å²) in [6.07, 6.45) is 6.81. The van der Waals surface area contributed by atoms with Crippen molar-refractivity contribution < 1.29 is 9.59 Å². The van der Waals surface area contributed by atoms with E-state index in [0.717, 1.165) is 31.1 Å². The van der Waals surface area contributed by atoms with E-state index in [4.69, 9.17) is 11.0 Å². The number of nitrogens with zero attached hydrogens (tertiary/aromatic N) is 3. The van der Waals surface area contributed by atoms with Crippen LogP contribution in [0.3, 0.4) is 0 Å². The number of piperidine rings is 1. The Morgan fingerprint density at radius 2 is 1.87 bits per heavy atom. The molecule has 5 rings (SSSR count). The highest BCUT2D eigenvalue weighted by molar-refractivity contribution is 6.06. The molecule has 156 valence electrons. The van der Waals surface area contributed by atoms with Crippen LogP contribution in [0.1, 0.15) is 52.0 Å². The van der Waals surface area contributed by atoms with E-state index < -0.39 is 5.91 Å². The minimum atomic E-state index is -0.519. The second-order valence-corrected chi connectivity index (χ2v) is 8.25. The lowest BCUT2D eigenvalue weighted by atomic mass is 9.95. The molecular weight excluding hydrogens is 392 g/mol. The van der Waals surface area contributed by atoms with Crippen LogP contribution in [0.2, 0.25) is 0 Å². The second kappa shape index (κ2) is 7.43. The van der Waals surface area contributed by atoms with Gasteiger partial charge < -0.3 is 20.9 Å². The average Bonchev–Trinajstić information content (AvgIpc) is 3.36. The number of fused-ring (bicyclic) bond motifs is 3. The van der Waals surface area contributed by atoms with Gasteiger partial charge in [-0.25, -0.2) is 4.98 Å². The monoisotopic (exact) mass is 414 g/mol. The Labute approximate surface area is 179 Å². The Morgan fingerprint density at radius 3 is 2.52 bits per heavy atom. The highest BCUT2D eigenvalue weighted by Gasteiger charge is 2.43. The maximum absolute atomic E-state index is 13.2. The van der Waals surface area contributed by atoms with Gasteiger partial charge in [0, 0.05) is 41.5 Å². The number of pyridine rings is 1. The number of hydrogen-bond donors (Lipinski definition) is 3. The van der Waals surface area contributed by atoms with E-state index in [1.54, 1.807) is 30.5 Å². The number of rotatable bonds is 4. The van der Waals surface area contributed by atoms with Crippen LogP contribution in [-0.4, -0.2) is 44.8 Å². The molecule has 1 unspecified atom stereocenters. The molecule has 2 aromatic heterocycles. The number of anilines is 1. The molecule has 2 amide bonds. The van der Waals surface area contributed by atoms with Crippen molar-refractivity contribution in [1.29, 1.82) is 5.26 Å². The molecule has 0 radical (unpaired) electrons. The lowest BCUT2D eigenvalue weighted by molar-refractivity contribution is 0.0583. The van der Waals surface area contributed by atoms with Gasteiger partial charge in [-0.3, -0.25) is 9.59 Å². The molecule has 2 saturated heterocycles. The Kier molecular flexibility index (Phi) is 4.59. The molecule has 4 N–H and O–H groups in total. The molecule has 2 aliphatic rings. The normalized spacial score (nSPS) is 22.3. The minimum Gasteiger partial charge on any atom is -0.381 e. The Morgan fingerprint density at radius 1 is 1.16 bits per heavy atom. The van der Waals surface area contributed by atoms with Crippen molar-refractivity contribution >= 4 is 28.5 Å². The number of nitrogens with two attached hydrogens (primary N) is 1. The van der Waals surface area contributed by atoms with Crippen LogP contribution in [0.4, 0.5) is 5.69 Å². The minimum absolute atomic E-state index is 0.0187. The van der Waals surface area contributed by atoms with E-state index in [0.29, 0.717) is 28.0 Å². The standard InChI is InChI=1S/C23H22N6O2/c24-11-13-1-3-14(4-2-13)23(31)29-16-5-6-17(29)10-15(9-16)28-20-18-7-8-26-22(18)27-12-19(20)21(25)30/h1-4,7-8,12,15-17H,5-6,9-10H2,(H2,25,30)(H2,26,27,28)/t15?,16-,17+. The highest BCUT2D eigenvalue weighted by atomic mass is 16.2. The molecule has 31 heavy (non-hydrogen) atoms. The molecular formula is C23H22N6O2. The van der Waals surface area contributed by atoms with Crippen molar-refractivity contribution in [3.05, 3.63) is 59.4 Å². The van der Waals surface area contributed by atoms with Gasteiger partial charge in [-0.2, -0.15) is 5.26 Å². The maximum atomic E-state index is 13.2. The largest absolute Gasteiger partial charge is 0.381 e. The number of primary amides is 1. The van der Waals surface area contributed by atoms with Crippen molar-refractivity contribution in [1.82, 2.24) is 14.9 Å². The first kappa shape index (κ1) is 19.1. The number of amides is 2. The van der Waals surface area contributed by atoms with Crippen LogP contribution < -0.4 is 11.1 Å². The first-order valence-corrected chi connectivity index (χ1v) is 10.4. The highest BCUT2D eigenvalue weighted by Crippen LogP contribution is 2.39. The number of H-pyrrole nitrogens is 1. The van der Waals surface area contributed by atoms with Gasteiger partial charge in [-0.1, -0.05) is 0 Å². The van der Waals surface area contributed by atoms with E-state index in [2.05, 4.69) is 21.4 Å². The zero-order valence-corrected chi connectivity index (χ0v) is 16.8. The second-order valence-electron chi connectivity index (χ2n) is 8.25. The Hall–Kier alpha value is -3.86. The van der Waals surface area contributed by atoms with Gasteiger partial charge >= 0.3 is 0 Å². The maximum Gasteiger partial charge on any atom is 0.254 e. The van der Waals surface area contributed by atoms with Crippen molar-refractivity contribution in [2.24, 2.45) is 5.73 Å². The van der Waals surface area contributed by atoms with Crippen molar-refractivity contribution in [3.8, 4) is 6.07 Å². The smallest absolute Gasteiger partial charge is 0.254 e. The summed E-state index contributed by atoms with van der Waals surface area (Å²) in [6.45, 7) is 0. The van der Waals surface area contributed by atoms with E-state index in [1.807, 2.05) is 11.0 Å². The van der Waals surface area contributed by atoms with Gasteiger partial charge in [0.05, 0.1) is 22.9 Å². The summed E-state index contributed by atoms with van der Waals surface area (Å²) in [5, 5.41) is 13.4. The van der Waals surface area contributed by atoms with Gasteiger partial charge in [0.25, 0.3) is 11.8 Å². The molecule has 0 spiro atoms. The molecule has 8 heteroatoms. The summed E-state index contributed by atoms with van der Waals surface area (Å²) < 4.78 is 0. The van der Waals surface area contributed by atoms with Gasteiger partial charge in [0.1, 0.15) is 5.65 Å². The first-order chi connectivity index (χ1) is 15.0. The first-order valence-electron chi connectivity index (χ1n) is 10.4. The summed E-state index contributed by atoms with van der Waals surface area (Å²) in [5.41, 5.74) is 8.52. The third kappa shape index (κ3) is 3.28. The zero-order valence-electron chi connectivity index (χ0n) is 16.8. The van der Waals surface area contributed by atoms with Crippen molar-refractivity contribution in [2.75, 3.05) is 5.32 Å². The lowest BCUT2D eigenvalue weighted by Gasteiger charge is -2.40. The SMILES string of the molecule is N#Cc1ccc(C(=O)N2[C@@H]3CC[C@H]2CC(Nc2c(C(N)=O)cnc4[nH]ccc24)C3)cc1. The van der Waals surface area contributed by atoms with Crippen LogP contribution in [0.25, 0.3) is 11.0 Å². The summed E-state index contributed by atoms with van der Waals surface area (Å²) in [7, 11) is 0. The number of nitriles is 1. The number of aromatic amines is 1. The molecule has 2 aliphatic heterocycles. The molecule has 0 saturated carbocycles. The fourth-order valence-corrected chi connectivity index (χ4v) is 5.02. The van der Waals surface area contributed by atoms with Crippen LogP contribution in [0, 0.1) is 11.3 Å². The molecule has 2 bridgehead atoms. The third-order valence-corrected chi connectivity index (χ3v) is 6.43. The fraction of sp³-hybridized carbons (Fsp3) is 0.304. The molecule has 4 heterocycles. The summed E-state index contributed by atoms with van der Waals surface area (Å²) in [5.74, 6) is -0.500. The van der Waals surface area contributed by atoms with Crippen LogP contribution >= 0.6 is 0 Å². The van der Waals surface area contributed by atoms with Gasteiger partial charge in [0.15, 0.2) is 0 Å². The van der Waals surface area contributed by atoms with Crippen molar-refractivity contribution in [3.63, 3.8) is 0 Å². The van der Waals surface area contributed by atoms with Crippen LogP contribution in [0.5, 0.6) is 0 Å². The molecule has 3 atom stereocenters. The van der Waals surface area contributed by atoms with Gasteiger partial charge in [0.2, 0.25) is 0 Å². The van der Waals surface area contributed by atoms with E-state index in [1.165, 1.54) is 6.20 Å². The topological polar surface area (TPSA) is 128 Å². The molecule has 2 fully saturated rings. The van der Waals surface area contributed by atoms with Gasteiger partial charge in [-0.15, -0.1) is 0 Å². The lowest BCUT2D eigenvalue weighted by Crippen LogP contribution is -2.49. The van der Waals surface area contributed by atoms with Crippen molar-refractivity contribution in [2.45, 2.75) is 43.8 Å². The number of carbonyl (C=O) groups excluding carboxylic acids is 2. The molecule has 1 aromatic carbocycles. The summed E-state index contributed by atoms with van der Waals surface area (Å²) in [6, 6.07) is 11.2. The van der Waals surface area contributed by atoms with Gasteiger partial charge in [-0.05, 0) is 56.0 Å². The van der Waals surface area contributed by atoms with E-state index >= 15 is 0 Å². The Bertz CT molecular complexity index is 1200. The quantitative estimate of drug-likeness (QED) is 0.605. The predicted octanol–water partition coefficient (Wildman–Crippen LogP) is 2.78. The number of aromatic nitrogens is 2. The molecule has 3 aromatic rings. The number of hydrogen-bond acceptors (Lipinski definition) is 5. The summed E-state index contributed by atoms with van der Waals surface area (Å²) in [4.78, 5) is 34.5. The summed E-state index contributed by atoms with van der Waals surface area (Å²) >= 11 is 0. The number of carbonyl (C=O) groups is 2. The van der Waals surface area contributed by atoms with E-state index in [9.17, 15) is 9.59 Å². The predicted molar refractivity (Wildman–Crippen MR) is 115 cm³/mol. The van der Waals surface area contributed by atoms with E-state index in [-0.39, 0.29) is 24.0 Å². The van der Waals surface area contributed by atoms with Crippen LogP contribution in [0.15, 0.2) is 42.7 Å². The number of nitrogens with one attached hydrogen (secondary N) is 2. The Balaban J connectivity index is 1.37. The fourth-order valence-electron chi connectivity index (χ4n) is 5.02. The third-order valence-electron chi connectivity index (χ3n) is 6.43.